The fourth-order valence-electron chi connectivity index (χ4n) is 3.05. The Morgan fingerprint density at radius 3 is 2.75 bits per heavy atom. The third-order valence-electron chi connectivity index (χ3n) is 4.41. The second-order valence-corrected chi connectivity index (χ2v) is 5.75. The van der Waals surface area contributed by atoms with Crippen LogP contribution in [0, 0.1) is 0 Å². The number of H-pyrrole nitrogens is 1. The quantitative estimate of drug-likeness (QED) is 0.567. The van der Waals surface area contributed by atoms with Gasteiger partial charge in [0, 0.05) is 12.2 Å². The van der Waals surface area contributed by atoms with Crippen LogP contribution in [0.4, 0.5) is 0 Å². The van der Waals surface area contributed by atoms with E-state index in [0.717, 1.165) is 26.2 Å². The Morgan fingerprint density at radius 1 is 1.15 bits per heavy atom. The van der Waals surface area contributed by atoms with Gasteiger partial charge in [0.25, 0.3) is 0 Å². The predicted octanol–water partition coefficient (Wildman–Crippen LogP) is 2.50. The van der Waals surface area contributed by atoms with Crippen LogP contribution in [0.1, 0.15) is 56.5 Å². The van der Waals surface area contributed by atoms with Crippen LogP contribution in [0.3, 0.4) is 0 Å². The number of fused-ring (bicyclic) bond motifs is 1. The molecule has 1 heterocycles. The van der Waals surface area contributed by atoms with Crippen molar-refractivity contribution in [3.05, 3.63) is 17.0 Å². The summed E-state index contributed by atoms with van der Waals surface area (Å²) in [4.78, 5) is 2.47. The zero-order valence-electron chi connectivity index (χ0n) is 13.2. The number of rotatable bonds is 8. The Morgan fingerprint density at radius 2 is 1.95 bits per heavy atom. The van der Waals surface area contributed by atoms with Crippen molar-refractivity contribution < 1.29 is 0 Å². The van der Waals surface area contributed by atoms with Gasteiger partial charge in [0.15, 0.2) is 0 Å². The molecule has 1 aliphatic rings. The Hall–Kier alpha value is -0.870. The lowest BCUT2D eigenvalue weighted by Gasteiger charge is -2.17. The number of hydrogen-bond donors (Lipinski definition) is 2. The summed E-state index contributed by atoms with van der Waals surface area (Å²) in [6.07, 6.45) is 7.60. The van der Waals surface area contributed by atoms with Crippen LogP contribution in [-0.4, -0.2) is 41.3 Å². The van der Waals surface area contributed by atoms with E-state index in [-0.39, 0.29) is 0 Å². The van der Waals surface area contributed by atoms with Crippen molar-refractivity contribution in [2.24, 2.45) is 0 Å². The van der Waals surface area contributed by atoms with Crippen LogP contribution in [0.5, 0.6) is 0 Å². The summed E-state index contributed by atoms with van der Waals surface area (Å²) in [7, 11) is 0. The van der Waals surface area contributed by atoms with E-state index in [0.29, 0.717) is 0 Å². The topological polar surface area (TPSA) is 44.0 Å². The molecule has 4 nitrogen and oxygen atoms in total. The summed E-state index contributed by atoms with van der Waals surface area (Å²) in [6.45, 7) is 9.97. The molecular weight excluding hydrogens is 248 g/mol. The highest BCUT2D eigenvalue weighted by Crippen LogP contribution is 2.21. The van der Waals surface area contributed by atoms with E-state index >= 15 is 0 Å². The summed E-state index contributed by atoms with van der Waals surface area (Å²) >= 11 is 0. The maximum atomic E-state index is 4.51. The molecule has 0 aliphatic heterocycles. The minimum atomic E-state index is 0.921. The van der Waals surface area contributed by atoms with Gasteiger partial charge in [0.1, 0.15) is 0 Å². The van der Waals surface area contributed by atoms with Crippen LogP contribution in [0.15, 0.2) is 0 Å². The summed E-state index contributed by atoms with van der Waals surface area (Å²) in [6, 6.07) is 0. The van der Waals surface area contributed by atoms with Crippen LogP contribution < -0.4 is 5.32 Å². The molecule has 1 aromatic heterocycles. The molecular formula is C16H30N4. The monoisotopic (exact) mass is 278 g/mol. The maximum absolute atomic E-state index is 4.51. The van der Waals surface area contributed by atoms with Gasteiger partial charge in [-0.1, -0.05) is 20.3 Å². The molecule has 1 aromatic rings. The van der Waals surface area contributed by atoms with Crippen LogP contribution >= 0.6 is 0 Å². The number of aromatic amines is 1. The van der Waals surface area contributed by atoms with Crippen molar-refractivity contribution in [1.29, 1.82) is 0 Å². The first-order chi connectivity index (χ1) is 9.85. The van der Waals surface area contributed by atoms with Gasteiger partial charge in [-0.05, 0) is 63.8 Å². The Labute approximate surface area is 123 Å². The largest absolute Gasteiger partial charge is 0.311 e. The highest BCUT2D eigenvalue weighted by atomic mass is 15.1. The van der Waals surface area contributed by atoms with Gasteiger partial charge in [0.2, 0.25) is 0 Å². The molecule has 0 saturated carbocycles. The molecule has 0 atom stereocenters. The van der Waals surface area contributed by atoms with Crippen LogP contribution in [0.25, 0.3) is 0 Å². The van der Waals surface area contributed by atoms with E-state index in [1.165, 1.54) is 62.0 Å². The molecule has 0 saturated heterocycles. The highest BCUT2D eigenvalue weighted by Gasteiger charge is 2.14. The summed E-state index contributed by atoms with van der Waals surface area (Å²) in [5.74, 6) is 0. The van der Waals surface area contributed by atoms with E-state index in [9.17, 15) is 0 Å². The molecule has 4 heteroatoms. The second kappa shape index (κ2) is 8.42. The fraction of sp³-hybridized carbons (Fsp3) is 0.812. The van der Waals surface area contributed by atoms with Gasteiger partial charge in [0.05, 0.1) is 5.69 Å². The number of aromatic nitrogens is 2. The lowest BCUT2D eigenvalue weighted by Crippen LogP contribution is -2.27. The third-order valence-corrected chi connectivity index (χ3v) is 4.41. The molecule has 0 radical (unpaired) electrons. The van der Waals surface area contributed by atoms with Crippen molar-refractivity contribution in [1.82, 2.24) is 20.4 Å². The number of aryl methyl sites for hydroxylation is 1. The molecule has 0 spiro atoms. The van der Waals surface area contributed by atoms with Gasteiger partial charge in [-0.3, -0.25) is 5.10 Å². The van der Waals surface area contributed by atoms with Gasteiger partial charge in [-0.15, -0.1) is 0 Å². The molecule has 114 valence electrons. The fourth-order valence-corrected chi connectivity index (χ4v) is 3.05. The molecule has 0 unspecified atom stereocenters. The van der Waals surface area contributed by atoms with E-state index in [1.807, 2.05) is 0 Å². The average molecular weight is 278 g/mol. The standard InChI is InChI=1S/C16H30N4/c1-3-20(4-2)12-8-11-17-13-16-14-9-6-5-7-10-15(14)18-19-16/h17H,3-13H2,1-2H3,(H,18,19). The lowest BCUT2D eigenvalue weighted by molar-refractivity contribution is 0.298. The van der Waals surface area contributed by atoms with Gasteiger partial charge in [-0.2, -0.15) is 5.10 Å². The zero-order valence-corrected chi connectivity index (χ0v) is 13.2. The number of nitrogens with zero attached hydrogens (tertiary/aromatic N) is 2. The van der Waals surface area contributed by atoms with E-state index in [2.05, 4.69) is 34.3 Å². The molecule has 0 bridgehead atoms. The highest BCUT2D eigenvalue weighted by molar-refractivity contribution is 5.26. The Bertz CT molecular complexity index is 382. The SMILES string of the molecule is CCN(CC)CCCNCc1n[nH]c2c1CCCCC2. The molecule has 0 amide bonds. The molecule has 1 aliphatic carbocycles. The summed E-state index contributed by atoms with van der Waals surface area (Å²) in [5, 5.41) is 11.3. The van der Waals surface area contributed by atoms with E-state index in [1.54, 1.807) is 0 Å². The van der Waals surface area contributed by atoms with Crippen LogP contribution in [0.2, 0.25) is 0 Å². The Balaban J connectivity index is 1.71. The maximum Gasteiger partial charge on any atom is 0.0794 e. The van der Waals surface area contributed by atoms with Gasteiger partial charge < -0.3 is 10.2 Å². The molecule has 20 heavy (non-hydrogen) atoms. The first kappa shape index (κ1) is 15.5. The Kier molecular flexibility index (Phi) is 6.54. The molecule has 0 fully saturated rings. The van der Waals surface area contributed by atoms with Gasteiger partial charge >= 0.3 is 0 Å². The van der Waals surface area contributed by atoms with E-state index in [4.69, 9.17) is 0 Å². The molecule has 0 aromatic carbocycles. The lowest BCUT2D eigenvalue weighted by atomic mass is 10.1. The summed E-state index contributed by atoms with van der Waals surface area (Å²) < 4.78 is 0. The summed E-state index contributed by atoms with van der Waals surface area (Å²) in [5.41, 5.74) is 4.14. The first-order valence-electron chi connectivity index (χ1n) is 8.33. The minimum absolute atomic E-state index is 0.921. The smallest absolute Gasteiger partial charge is 0.0794 e. The van der Waals surface area contributed by atoms with E-state index < -0.39 is 0 Å². The zero-order chi connectivity index (χ0) is 14.2. The number of hydrogen-bond acceptors (Lipinski definition) is 3. The average Bonchev–Trinajstić information content (AvgIpc) is 2.71. The van der Waals surface area contributed by atoms with Crippen molar-refractivity contribution in [2.75, 3.05) is 26.2 Å². The minimum Gasteiger partial charge on any atom is -0.311 e. The molecule has 2 N–H and O–H groups in total. The predicted molar refractivity (Wildman–Crippen MR) is 84.0 cm³/mol. The molecule has 2 rings (SSSR count). The second-order valence-electron chi connectivity index (χ2n) is 5.75. The number of nitrogens with one attached hydrogen (secondary N) is 2. The van der Waals surface area contributed by atoms with Crippen molar-refractivity contribution in [2.45, 2.75) is 58.9 Å². The first-order valence-corrected chi connectivity index (χ1v) is 8.33. The van der Waals surface area contributed by atoms with Gasteiger partial charge in [-0.25, -0.2) is 0 Å². The van der Waals surface area contributed by atoms with Crippen molar-refractivity contribution in [3.63, 3.8) is 0 Å². The third kappa shape index (κ3) is 4.32. The van der Waals surface area contributed by atoms with Crippen molar-refractivity contribution >= 4 is 0 Å². The van der Waals surface area contributed by atoms with Crippen molar-refractivity contribution in [3.8, 4) is 0 Å². The van der Waals surface area contributed by atoms with Crippen LogP contribution in [-0.2, 0) is 19.4 Å². The normalized spacial score (nSPS) is 15.3.